The number of nitrogens with zero attached hydrogens (tertiary/aromatic N) is 3. The second kappa shape index (κ2) is 5.34. The second-order valence-electron chi connectivity index (χ2n) is 4.59. The smallest absolute Gasteiger partial charge is 0.205 e. The molecule has 0 spiro atoms. The summed E-state index contributed by atoms with van der Waals surface area (Å²) < 4.78 is 2.20. The Morgan fingerprint density at radius 3 is 2.94 bits per heavy atom. The van der Waals surface area contributed by atoms with Gasteiger partial charge in [-0.25, -0.2) is 4.98 Å². The number of hydrogen-bond donors (Lipinski definition) is 1. The summed E-state index contributed by atoms with van der Waals surface area (Å²) in [6.07, 6.45) is 6.51. The van der Waals surface area contributed by atoms with E-state index in [4.69, 9.17) is 0 Å². The predicted molar refractivity (Wildman–Crippen MR) is 66.8 cm³/mol. The third kappa shape index (κ3) is 2.55. The third-order valence-electron chi connectivity index (χ3n) is 3.37. The lowest BCUT2D eigenvalue weighted by atomic mass is 9.98. The van der Waals surface area contributed by atoms with Gasteiger partial charge in [0, 0.05) is 32.5 Å². The first-order chi connectivity index (χ1) is 7.81. The fourth-order valence-electron chi connectivity index (χ4n) is 2.42. The van der Waals surface area contributed by atoms with E-state index in [1.807, 2.05) is 12.4 Å². The minimum absolute atomic E-state index is 0.813. The van der Waals surface area contributed by atoms with E-state index in [1.165, 1.54) is 25.9 Å². The Morgan fingerprint density at radius 1 is 1.50 bits per heavy atom. The van der Waals surface area contributed by atoms with Crippen molar-refractivity contribution in [1.82, 2.24) is 14.9 Å². The van der Waals surface area contributed by atoms with Gasteiger partial charge in [0.1, 0.15) is 0 Å². The number of aromatic nitrogens is 2. The largest absolute Gasteiger partial charge is 0.345 e. The van der Waals surface area contributed by atoms with E-state index >= 15 is 0 Å². The maximum atomic E-state index is 4.43. The van der Waals surface area contributed by atoms with Crippen molar-refractivity contribution in [2.45, 2.75) is 26.3 Å². The van der Waals surface area contributed by atoms with Crippen LogP contribution in [-0.2, 0) is 6.54 Å². The highest BCUT2D eigenvalue weighted by Gasteiger charge is 2.17. The number of anilines is 1. The van der Waals surface area contributed by atoms with Crippen LogP contribution in [0, 0.1) is 5.92 Å². The summed E-state index contributed by atoms with van der Waals surface area (Å²) in [6.45, 7) is 6.61. The molecule has 1 fully saturated rings. The first-order valence-corrected chi connectivity index (χ1v) is 6.24. The SMILES string of the molecule is CCn1ccnc1N(C)CC1CCNCC1. The van der Waals surface area contributed by atoms with Gasteiger partial charge >= 0.3 is 0 Å². The number of rotatable bonds is 4. The molecule has 0 saturated carbocycles. The molecule has 0 amide bonds. The average Bonchev–Trinajstić information content (AvgIpc) is 2.78. The van der Waals surface area contributed by atoms with E-state index in [-0.39, 0.29) is 0 Å². The molecular weight excluding hydrogens is 200 g/mol. The monoisotopic (exact) mass is 222 g/mol. The van der Waals surface area contributed by atoms with Crippen molar-refractivity contribution >= 4 is 5.95 Å². The number of piperidine rings is 1. The molecule has 0 aromatic carbocycles. The highest BCUT2D eigenvalue weighted by molar-refractivity contribution is 5.29. The minimum Gasteiger partial charge on any atom is -0.345 e. The topological polar surface area (TPSA) is 33.1 Å². The van der Waals surface area contributed by atoms with Crippen LogP contribution in [0.25, 0.3) is 0 Å². The summed E-state index contributed by atoms with van der Waals surface area (Å²) in [7, 11) is 2.15. The molecular formula is C12H22N4. The van der Waals surface area contributed by atoms with Crippen molar-refractivity contribution in [3.8, 4) is 0 Å². The van der Waals surface area contributed by atoms with Crippen molar-refractivity contribution in [2.24, 2.45) is 5.92 Å². The Balaban J connectivity index is 1.93. The summed E-state index contributed by atoms with van der Waals surface area (Å²) in [4.78, 5) is 6.72. The van der Waals surface area contributed by atoms with Crippen LogP contribution in [0.5, 0.6) is 0 Å². The summed E-state index contributed by atoms with van der Waals surface area (Å²) in [5.74, 6) is 1.91. The van der Waals surface area contributed by atoms with Crippen LogP contribution >= 0.6 is 0 Å². The zero-order valence-corrected chi connectivity index (χ0v) is 10.3. The summed E-state index contributed by atoms with van der Waals surface area (Å²) in [5, 5.41) is 3.41. The maximum absolute atomic E-state index is 4.43. The molecule has 4 heteroatoms. The molecule has 1 aromatic heterocycles. The van der Waals surface area contributed by atoms with Gasteiger partial charge in [-0.05, 0) is 38.8 Å². The molecule has 0 unspecified atom stereocenters. The zero-order valence-electron chi connectivity index (χ0n) is 10.3. The first-order valence-electron chi connectivity index (χ1n) is 6.24. The number of imidazole rings is 1. The van der Waals surface area contributed by atoms with Gasteiger partial charge in [-0.15, -0.1) is 0 Å². The maximum Gasteiger partial charge on any atom is 0.205 e. The van der Waals surface area contributed by atoms with Gasteiger partial charge in [-0.3, -0.25) is 0 Å². The number of aryl methyl sites for hydroxylation is 1. The van der Waals surface area contributed by atoms with Crippen LogP contribution in [0.2, 0.25) is 0 Å². The highest BCUT2D eigenvalue weighted by Crippen LogP contribution is 2.17. The van der Waals surface area contributed by atoms with Gasteiger partial charge in [-0.2, -0.15) is 0 Å². The number of nitrogens with one attached hydrogen (secondary N) is 1. The molecule has 90 valence electrons. The molecule has 2 heterocycles. The van der Waals surface area contributed by atoms with Crippen LogP contribution in [0.3, 0.4) is 0 Å². The molecule has 2 rings (SSSR count). The van der Waals surface area contributed by atoms with Gasteiger partial charge < -0.3 is 14.8 Å². The highest BCUT2D eigenvalue weighted by atomic mass is 15.3. The lowest BCUT2D eigenvalue weighted by Crippen LogP contribution is -2.35. The molecule has 0 radical (unpaired) electrons. The Bertz CT molecular complexity index is 315. The Labute approximate surface area is 97.7 Å². The lowest BCUT2D eigenvalue weighted by molar-refractivity contribution is 0.376. The lowest BCUT2D eigenvalue weighted by Gasteiger charge is -2.28. The summed E-state index contributed by atoms with van der Waals surface area (Å²) in [6, 6.07) is 0. The quantitative estimate of drug-likeness (QED) is 0.834. The molecule has 1 aliphatic rings. The zero-order chi connectivity index (χ0) is 11.4. The van der Waals surface area contributed by atoms with Crippen molar-refractivity contribution in [2.75, 3.05) is 31.6 Å². The van der Waals surface area contributed by atoms with Crippen molar-refractivity contribution in [3.63, 3.8) is 0 Å². The van der Waals surface area contributed by atoms with Crippen LogP contribution in [0.4, 0.5) is 5.95 Å². The third-order valence-corrected chi connectivity index (χ3v) is 3.37. The van der Waals surface area contributed by atoms with Crippen LogP contribution in [0.1, 0.15) is 19.8 Å². The van der Waals surface area contributed by atoms with Gasteiger partial charge in [-0.1, -0.05) is 0 Å². The summed E-state index contributed by atoms with van der Waals surface area (Å²) >= 11 is 0. The van der Waals surface area contributed by atoms with E-state index in [0.717, 1.165) is 25.0 Å². The normalized spacial score (nSPS) is 17.6. The molecule has 1 aliphatic heterocycles. The second-order valence-corrected chi connectivity index (χ2v) is 4.59. The van der Waals surface area contributed by atoms with Crippen LogP contribution in [-0.4, -0.2) is 36.2 Å². The van der Waals surface area contributed by atoms with E-state index in [9.17, 15) is 0 Å². The molecule has 1 N–H and O–H groups in total. The summed E-state index contributed by atoms with van der Waals surface area (Å²) in [5.41, 5.74) is 0. The average molecular weight is 222 g/mol. The van der Waals surface area contributed by atoms with E-state index in [2.05, 4.69) is 33.7 Å². The standard InChI is InChI=1S/C12H22N4/c1-3-16-9-8-14-12(16)15(2)10-11-4-6-13-7-5-11/h8-9,11,13H,3-7,10H2,1-2H3. The van der Waals surface area contributed by atoms with Crippen molar-refractivity contribution < 1.29 is 0 Å². The first kappa shape index (κ1) is 11.5. The molecule has 4 nitrogen and oxygen atoms in total. The van der Waals surface area contributed by atoms with Crippen LogP contribution < -0.4 is 10.2 Å². The van der Waals surface area contributed by atoms with Gasteiger partial charge in [0.15, 0.2) is 0 Å². The molecule has 16 heavy (non-hydrogen) atoms. The molecule has 1 aromatic rings. The molecule has 0 atom stereocenters. The molecule has 0 aliphatic carbocycles. The fraction of sp³-hybridized carbons (Fsp3) is 0.750. The molecule has 0 bridgehead atoms. The van der Waals surface area contributed by atoms with E-state index < -0.39 is 0 Å². The Kier molecular flexibility index (Phi) is 3.83. The Morgan fingerprint density at radius 2 is 2.25 bits per heavy atom. The minimum atomic E-state index is 0.813. The van der Waals surface area contributed by atoms with Crippen molar-refractivity contribution in [1.29, 1.82) is 0 Å². The predicted octanol–water partition coefficient (Wildman–Crippen LogP) is 1.34. The Hall–Kier alpha value is -1.03. The van der Waals surface area contributed by atoms with E-state index in [0.29, 0.717) is 0 Å². The van der Waals surface area contributed by atoms with Gasteiger partial charge in [0.05, 0.1) is 0 Å². The van der Waals surface area contributed by atoms with Gasteiger partial charge in [0.2, 0.25) is 5.95 Å². The number of hydrogen-bond acceptors (Lipinski definition) is 3. The fourth-order valence-corrected chi connectivity index (χ4v) is 2.42. The molecule has 1 saturated heterocycles. The van der Waals surface area contributed by atoms with Crippen LogP contribution in [0.15, 0.2) is 12.4 Å². The van der Waals surface area contributed by atoms with Gasteiger partial charge in [0.25, 0.3) is 0 Å². The van der Waals surface area contributed by atoms with Crippen molar-refractivity contribution in [3.05, 3.63) is 12.4 Å². The van der Waals surface area contributed by atoms with E-state index in [1.54, 1.807) is 0 Å².